The van der Waals surface area contributed by atoms with Crippen LogP contribution in [0.2, 0.25) is 0 Å². The molecule has 20 heavy (non-hydrogen) atoms. The van der Waals surface area contributed by atoms with Crippen molar-refractivity contribution in [3.63, 3.8) is 0 Å². The molecule has 0 radical (unpaired) electrons. The van der Waals surface area contributed by atoms with Crippen LogP contribution in [0, 0.1) is 6.92 Å². The van der Waals surface area contributed by atoms with Crippen molar-refractivity contribution in [3.05, 3.63) is 29.9 Å². The minimum Gasteiger partial charge on any atom is -0.332 e. The second-order valence-corrected chi connectivity index (χ2v) is 5.82. The second kappa shape index (κ2) is 5.38. The van der Waals surface area contributed by atoms with Gasteiger partial charge in [0, 0.05) is 37.3 Å². The first-order valence-electron chi connectivity index (χ1n) is 7.62. The van der Waals surface area contributed by atoms with Crippen molar-refractivity contribution in [3.8, 4) is 0 Å². The van der Waals surface area contributed by atoms with Crippen LogP contribution in [0.5, 0.6) is 0 Å². The number of nitrogens with zero attached hydrogens (tertiary/aromatic N) is 5. The number of aryl methyl sites for hydroxylation is 2. The first-order chi connectivity index (χ1) is 9.69. The van der Waals surface area contributed by atoms with E-state index in [9.17, 15) is 0 Å². The number of hydrogen-bond donors (Lipinski definition) is 0. The monoisotopic (exact) mass is 273 g/mol. The highest BCUT2D eigenvalue weighted by atomic mass is 15.4. The van der Waals surface area contributed by atoms with Crippen molar-refractivity contribution in [2.75, 3.05) is 0 Å². The Bertz CT molecular complexity index is 579. The molecule has 1 atom stereocenters. The Balaban J connectivity index is 1.80. The van der Waals surface area contributed by atoms with E-state index in [1.165, 1.54) is 12.8 Å². The van der Waals surface area contributed by atoms with Crippen molar-refractivity contribution in [1.29, 1.82) is 0 Å². The Morgan fingerprint density at radius 2 is 2.20 bits per heavy atom. The minimum absolute atomic E-state index is 0.365. The summed E-state index contributed by atoms with van der Waals surface area (Å²) in [5.74, 6) is 3.86. The smallest absolute Gasteiger partial charge is 0.154 e. The molecule has 2 aromatic rings. The summed E-state index contributed by atoms with van der Waals surface area (Å²) in [6.07, 6.45) is 8.42. The van der Waals surface area contributed by atoms with Gasteiger partial charge in [0.15, 0.2) is 5.82 Å². The Morgan fingerprint density at radius 3 is 2.80 bits per heavy atom. The van der Waals surface area contributed by atoms with Crippen molar-refractivity contribution >= 4 is 0 Å². The minimum atomic E-state index is 0.365. The van der Waals surface area contributed by atoms with E-state index in [0.29, 0.717) is 12.0 Å². The zero-order valence-electron chi connectivity index (χ0n) is 12.6. The second-order valence-electron chi connectivity index (χ2n) is 5.82. The van der Waals surface area contributed by atoms with Gasteiger partial charge in [0.25, 0.3) is 0 Å². The fourth-order valence-electron chi connectivity index (χ4n) is 2.67. The zero-order valence-corrected chi connectivity index (χ0v) is 12.6. The molecule has 5 heteroatoms. The summed E-state index contributed by atoms with van der Waals surface area (Å²) in [6.45, 7) is 7.41. The van der Waals surface area contributed by atoms with Crippen molar-refractivity contribution < 1.29 is 0 Å². The highest BCUT2D eigenvalue weighted by molar-refractivity contribution is 5.07. The van der Waals surface area contributed by atoms with E-state index in [2.05, 4.69) is 28.1 Å². The van der Waals surface area contributed by atoms with E-state index >= 15 is 0 Å². The van der Waals surface area contributed by atoms with E-state index in [1.54, 1.807) is 0 Å². The molecular formula is C15H23N5. The molecule has 108 valence electrons. The van der Waals surface area contributed by atoms with Crippen molar-refractivity contribution in [1.82, 2.24) is 24.3 Å². The van der Waals surface area contributed by atoms with Gasteiger partial charge in [-0.2, -0.15) is 5.10 Å². The zero-order chi connectivity index (χ0) is 14.1. The molecule has 0 aliphatic heterocycles. The maximum absolute atomic E-state index is 4.79. The SMILES string of the molecule is CCCn1nc(C2CC2)nc1C[C@@H](C)n1ccnc1C. The molecule has 0 amide bonds. The summed E-state index contributed by atoms with van der Waals surface area (Å²) in [5, 5.41) is 4.70. The number of aromatic nitrogens is 5. The summed E-state index contributed by atoms with van der Waals surface area (Å²) < 4.78 is 4.32. The largest absolute Gasteiger partial charge is 0.332 e. The lowest BCUT2D eigenvalue weighted by molar-refractivity contribution is 0.484. The maximum atomic E-state index is 4.79. The number of hydrogen-bond acceptors (Lipinski definition) is 3. The van der Waals surface area contributed by atoms with Crippen molar-refractivity contribution in [2.24, 2.45) is 0 Å². The van der Waals surface area contributed by atoms with E-state index in [4.69, 9.17) is 10.1 Å². The van der Waals surface area contributed by atoms with Gasteiger partial charge in [-0.1, -0.05) is 6.92 Å². The van der Waals surface area contributed by atoms with E-state index in [1.807, 2.05) is 19.3 Å². The van der Waals surface area contributed by atoms with Crippen LogP contribution in [0.3, 0.4) is 0 Å². The number of imidazole rings is 1. The van der Waals surface area contributed by atoms with Gasteiger partial charge in [-0.25, -0.2) is 14.6 Å². The van der Waals surface area contributed by atoms with Crippen molar-refractivity contribution in [2.45, 2.75) is 65.0 Å². The molecule has 1 fully saturated rings. The average molecular weight is 273 g/mol. The van der Waals surface area contributed by atoms with Gasteiger partial charge in [0.05, 0.1) is 0 Å². The maximum Gasteiger partial charge on any atom is 0.154 e. The average Bonchev–Trinajstić information content (AvgIpc) is 3.07. The van der Waals surface area contributed by atoms with Crippen LogP contribution < -0.4 is 0 Å². The van der Waals surface area contributed by atoms with Gasteiger partial charge in [-0.3, -0.25) is 0 Å². The third-order valence-electron chi connectivity index (χ3n) is 3.96. The van der Waals surface area contributed by atoms with Gasteiger partial charge < -0.3 is 4.57 Å². The lowest BCUT2D eigenvalue weighted by atomic mass is 10.2. The van der Waals surface area contributed by atoms with E-state index < -0.39 is 0 Å². The van der Waals surface area contributed by atoms with Crippen LogP contribution in [-0.2, 0) is 13.0 Å². The van der Waals surface area contributed by atoms with Gasteiger partial charge in [0.1, 0.15) is 11.6 Å². The molecule has 0 spiro atoms. The fraction of sp³-hybridized carbons (Fsp3) is 0.667. The van der Waals surface area contributed by atoms with Crippen LogP contribution >= 0.6 is 0 Å². The molecule has 0 bridgehead atoms. The number of rotatable bonds is 6. The molecule has 2 aromatic heterocycles. The molecular weight excluding hydrogens is 250 g/mol. The van der Waals surface area contributed by atoms with Crippen LogP contribution in [0.4, 0.5) is 0 Å². The fourth-order valence-corrected chi connectivity index (χ4v) is 2.67. The summed E-state index contributed by atoms with van der Waals surface area (Å²) in [4.78, 5) is 9.09. The molecule has 5 nitrogen and oxygen atoms in total. The molecule has 0 aromatic carbocycles. The van der Waals surface area contributed by atoms with Crippen LogP contribution in [0.15, 0.2) is 12.4 Å². The van der Waals surface area contributed by atoms with Gasteiger partial charge >= 0.3 is 0 Å². The molecule has 3 rings (SSSR count). The molecule has 1 saturated carbocycles. The predicted molar refractivity (Wildman–Crippen MR) is 77.7 cm³/mol. The normalized spacial score (nSPS) is 16.6. The quantitative estimate of drug-likeness (QED) is 0.813. The standard InChI is InChI=1S/C15H23N5/c1-4-8-20-14(17-15(18-20)13-5-6-13)10-11(2)19-9-7-16-12(19)3/h7,9,11,13H,4-6,8,10H2,1-3H3/t11-/m1/s1. The van der Waals surface area contributed by atoms with Crippen LogP contribution in [0.25, 0.3) is 0 Å². The third kappa shape index (κ3) is 2.62. The first kappa shape index (κ1) is 13.3. The highest BCUT2D eigenvalue weighted by Gasteiger charge is 2.29. The van der Waals surface area contributed by atoms with Gasteiger partial charge in [0.2, 0.25) is 0 Å². The summed E-state index contributed by atoms with van der Waals surface area (Å²) in [6, 6.07) is 0.365. The van der Waals surface area contributed by atoms with Gasteiger partial charge in [-0.05, 0) is 33.1 Å². The molecule has 0 saturated heterocycles. The first-order valence-corrected chi connectivity index (χ1v) is 7.62. The topological polar surface area (TPSA) is 48.5 Å². The Kier molecular flexibility index (Phi) is 3.59. The van der Waals surface area contributed by atoms with E-state index in [0.717, 1.165) is 36.9 Å². The molecule has 2 heterocycles. The third-order valence-corrected chi connectivity index (χ3v) is 3.96. The highest BCUT2D eigenvalue weighted by Crippen LogP contribution is 2.38. The Hall–Kier alpha value is -1.65. The Labute approximate surface area is 120 Å². The van der Waals surface area contributed by atoms with Crippen LogP contribution in [0.1, 0.15) is 62.5 Å². The summed E-state index contributed by atoms with van der Waals surface area (Å²) in [5.41, 5.74) is 0. The lowest BCUT2D eigenvalue weighted by Gasteiger charge is -2.15. The lowest BCUT2D eigenvalue weighted by Crippen LogP contribution is -2.13. The summed E-state index contributed by atoms with van der Waals surface area (Å²) in [7, 11) is 0. The van der Waals surface area contributed by atoms with E-state index in [-0.39, 0.29) is 0 Å². The molecule has 0 unspecified atom stereocenters. The molecule has 0 N–H and O–H groups in total. The molecule has 1 aliphatic carbocycles. The summed E-state index contributed by atoms with van der Waals surface area (Å²) >= 11 is 0. The predicted octanol–water partition coefficient (Wildman–Crippen LogP) is 2.87. The van der Waals surface area contributed by atoms with Gasteiger partial charge in [-0.15, -0.1) is 0 Å². The Morgan fingerprint density at radius 1 is 1.40 bits per heavy atom. The molecule has 1 aliphatic rings. The van der Waals surface area contributed by atoms with Crippen LogP contribution in [-0.4, -0.2) is 24.3 Å².